The van der Waals surface area contributed by atoms with Gasteiger partial charge in [0, 0.05) is 0 Å². The van der Waals surface area contributed by atoms with Crippen LogP contribution in [0.15, 0.2) is 36.2 Å². The second kappa shape index (κ2) is 6.00. The van der Waals surface area contributed by atoms with Gasteiger partial charge < -0.3 is 5.32 Å². The lowest BCUT2D eigenvalue weighted by Crippen LogP contribution is -2.26. The van der Waals surface area contributed by atoms with E-state index >= 15 is 0 Å². The smallest absolute Gasteiger partial charge is 0.224 e. The molecule has 16 heavy (non-hydrogen) atoms. The molecule has 86 valence electrons. The predicted molar refractivity (Wildman–Crippen MR) is 58.0 cm³/mol. The van der Waals surface area contributed by atoms with E-state index in [-0.39, 0.29) is 13.0 Å². The molecule has 4 heteroatoms. The van der Waals surface area contributed by atoms with Crippen LogP contribution < -0.4 is 5.32 Å². The molecule has 0 saturated heterocycles. The molecule has 0 aliphatic heterocycles. The van der Waals surface area contributed by atoms with Crippen molar-refractivity contribution in [1.82, 2.24) is 5.32 Å². The Morgan fingerprint density at radius 2 is 2.12 bits per heavy atom. The van der Waals surface area contributed by atoms with Gasteiger partial charge in [-0.2, -0.15) is 0 Å². The summed E-state index contributed by atoms with van der Waals surface area (Å²) in [5.74, 6) is -1.24. The average molecular weight is 225 g/mol. The van der Waals surface area contributed by atoms with Crippen molar-refractivity contribution in [1.29, 1.82) is 0 Å². The number of benzene rings is 1. The topological polar surface area (TPSA) is 29.1 Å². The third kappa shape index (κ3) is 3.81. The Balaban J connectivity index is 2.49. The summed E-state index contributed by atoms with van der Waals surface area (Å²) >= 11 is 0. The normalized spacial score (nSPS) is 11.3. The molecule has 0 spiro atoms. The number of carbonyl (C=O) groups is 1. The standard InChI is InChI=1S/C12H13F2NO/c1-2-10(13)8-15-12(16)7-9-5-3-4-6-11(9)14/h2-6H,7-8H2,1H3,(H,15,16)/b10-2+. The Morgan fingerprint density at radius 1 is 1.44 bits per heavy atom. The number of halogens is 2. The van der Waals surface area contributed by atoms with E-state index in [1.54, 1.807) is 19.1 Å². The van der Waals surface area contributed by atoms with E-state index in [1.165, 1.54) is 18.2 Å². The SMILES string of the molecule is C/C=C(/F)CNC(=O)Cc1ccccc1F. The molecule has 1 aromatic carbocycles. The van der Waals surface area contributed by atoms with Crippen LogP contribution in [0.3, 0.4) is 0 Å². The largest absolute Gasteiger partial charge is 0.349 e. The third-order valence-corrected chi connectivity index (χ3v) is 2.08. The molecule has 0 atom stereocenters. The van der Waals surface area contributed by atoms with Crippen LogP contribution in [0, 0.1) is 5.82 Å². The Bertz CT molecular complexity index is 402. The molecule has 2 nitrogen and oxygen atoms in total. The summed E-state index contributed by atoms with van der Waals surface area (Å²) in [4.78, 5) is 11.3. The lowest BCUT2D eigenvalue weighted by atomic mass is 10.1. The minimum absolute atomic E-state index is 0.0797. The summed E-state index contributed by atoms with van der Waals surface area (Å²) in [5, 5.41) is 2.36. The van der Waals surface area contributed by atoms with Crippen LogP contribution in [-0.2, 0) is 11.2 Å². The van der Waals surface area contributed by atoms with E-state index in [9.17, 15) is 13.6 Å². The molecule has 1 aromatic rings. The molecule has 0 bridgehead atoms. The Kier molecular flexibility index (Phi) is 4.64. The second-order valence-electron chi connectivity index (χ2n) is 3.28. The first-order valence-electron chi connectivity index (χ1n) is 4.94. The van der Waals surface area contributed by atoms with Crippen LogP contribution in [0.4, 0.5) is 8.78 Å². The van der Waals surface area contributed by atoms with Crippen molar-refractivity contribution in [2.75, 3.05) is 6.54 Å². The summed E-state index contributed by atoms with van der Waals surface area (Å²) in [7, 11) is 0. The van der Waals surface area contributed by atoms with Crippen LogP contribution in [0.25, 0.3) is 0 Å². The lowest BCUT2D eigenvalue weighted by Gasteiger charge is -2.04. The summed E-state index contributed by atoms with van der Waals surface area (Å²) in [6.07, 6.45) is 1.19. The number of allylic oxidation sites excluding steroid dienone is 1. The maximum absolute atomic E-state index is 13.1. The first-order valence-corrected chi connectivity index (χ1v) is 4.94. The molecule has 0 aliphatic rings. The van der Waals surface area contributed by atoms with Gasteiger partial charge in [0.1, 0.15) is 11.6 Å². The van der Waals surface area contributed by atoms with Crippen molar-refractivity contribution in [3.63, 3.8) is 0 Å². The molecule has 1 rings (SSSR count). The fraction of sp³-hybridized carbons (Fsp3) is 0.250. The van der Waals surface area contributed by atoms with Crippen LogP contribution in [0.2, 0.25) is 0 Å². The minimum Gasteiger partial charge on any atom is -0.349 e. The molecule has 1 N–H and O–H groups in total. The number of hydrogen-bond donors (Lipinski definition) is 1. The quantitative estimate of drug-likeness (QED) is 0.837. The zero-order chi connectivity index (χ0) is 12.0. The summed E-state index contributed by atoms with van der Waals surface area (Å²) in [6, 6.07) is 6.02. The van der Waals surface area contributed by atoms with Gasteiger partial charge >= 0.3 is 0 Å². The number of rotatable bonds is 4. The van der Waals surface area contributed by atoms with Crippen LogP contribution in [0.5, 0.6) is 0 Å². The molecule has 0 heterocycles. The van der Waals surface area contributed by atoms with Crippen LogP contribution >= 0.6 is 0 Å². The van der Waals surface area contributed by atoms with Crippen molar-refractivity contribution in [3.8, 4) is 0 Å². The van der Waals surface area contributed by atoms with Crippen LogP contribution in [0.1, 0.15) is 12.5 Å². The van der Waals surface area contributed by atoms with E-state index in [0.29, 0.717) is 5.56 Å². The van der Waals surface area contributed by atoms with Gasteiger partial charge in [-0.1, -0.05) is 24.3 Å². The molecule has 1 amide bonds. The zero-order valence-corrected chi connectivity index (χ0v) is 8.97. The van der Waals surface area contributed by atoms with E-state index < -0.39 is 17.6 Å². The van der Waals surface area contributed by atoms with Crippen molar-refractivity contribution in [2.45, 2.75) is 13.3 Å². The Labute approximate surface area is 93.0 Å². The van der Waals surface area contributed by atoms with Crippen molar-refractivity contribution in [2.24, 2.45) is 0 Å². The first kappa shape index (κ1) is 12.4. The van der Waals surface area contributed by atoms with Crippen molar-refractivity contribution < 1.29 is 13.6 Å². The van der Waals surface area contributed by atoms with Gasteiger partial charge in [-0.25, -0.2) is 8.78 Å². The third-order valence-electron chi connectivity index (χ3n) is 2.08. The number of amides is 1. The van der Waals surface area contributed by atoms with Crippen molar-refractivity contribution in [3.05, 3.63) is 47.5 Å². The Morgan fingerprint density at radius 3 is 2.75 bits per heavy atom. The summed E-state index contributed by atoms with van der Waals surface area (Å²) in [6.45, 7) is 1.39. The molecule has 0 fully saturated rings. The molecule has 0 saturated carbocycles. The highest BCUT2D eigenvalue weighted by Crippen LogP contribution is 2.06. The van der Waals surface area contributed by atoms with Gasteiger partial charge in [0.25, 0.3) is 0 Å². The predicted octanol–water partition coefficient (Wildman–Crippen LogP) is 2.36. The highest BCUT2D eigenvalue weighted by molar-refractivity contribution is 5.78. The number of carbonyl (C=O) groups excluding carboxylic acids is 1. The van der Waals surface area contributed by atoms with Crippen molar-refractivity contribution >= 4 is 5.91 Å². The average Bonchev–Trinajstić information content (AvgIpc) is 2.29. The molecule has 0 aliphatic carbocycles. The highest BCUT2D eigenvalue weighted by atomic mass is 19.1. The fourth-order valence-corrected chi connectivity index (χ4v) is 1.16. The monoisotopic (exact) mass is 225 g/mol. The van der Waals surface area contributed by atoms with E-state index in [1.807, 2.05) is 0 Å². The van der Waals surface area contributed by atoms with E-state index in [0.717, 1.165) is 0 Å². The zero-order valence-electron chi connectivity index (χ0n) is 8.97. The van der Waals surface area contributed by atoms with E-state index in [4.69, 9.17) is 0 Å². The summed E-state index contributed by atoms with van der Waals surface area (Å²) < 4.78 is 25.8. The number of hydrogen-bond acceptors (Lipinski definition) is 1. The minimum atomic E-state index is -0.427. The molecule has 0 radical (unpaired) electrons. The number of nitrogens with one attached hydrogen (secondary N) is 1. The highest BCUT2D eigenvalue weighted by Gasteiger charge is 2.07. The molecule has 0 unspecified atom stereocenters. The molecular weight excluding hydrogens is 212 g/mol. The summed E-state index contributed by atoms with van der Waals surface area (Å²) in [5.41, 5.74) is 0.306. The fourth-order valence-electron chi connectivity index (χ4n) is 1.16. The van der Waals surface area contributed by atoms with Gasteiger partial charge in [0.15, 0.2) is 0 Å². The van der Waals surface area contributed by atoms with Crippen LogP contribution in [-0.4, -0.2) is 12.5 Å². The lowest BCUT2D eigenvalue weighted by molar-refractivity contribution is -0.120. The second-order valence-corrected chi connectivity index (χ2v) is 3.28. The molecule has 0 aromatic heterocycles. The van der Waals surface area contributed by atoms with Gasteiger partial charge in [-0.3, -0.25) is 4.79 Å². The van der Waals surface area contributed by atoms with Gasteiger partial charge in [0.2, 0.25) is 5.91 Å². The first-order chi connectivity index (χ1) is 7.63. The van der Waals surface area contributed by atoms with Gasteiger partial charge in [-0.15, -0.1) is 0 Å². The maximum atomic E-state index is 13.1. The van der Waals surface area contributed by atoms with Gasteiger partial charge in [-0.05, 0) is 18.6 Å². The molecular formula is C12H13F2NO. The van der Waals surface area contributed by atoms with Gasteiger partial charge in [0.05, 0.1) is 13.0 Å². The maximum Gasteiger partial charge on any atom is 0.224 e. The van der Waals surface area contributed by atoms with E-state index in [2.05, 4.69) is 5.32 Å². The Hall–Kier alpha value is -1.71.